The van der Waals surface area contributed by atoms with Gasteiger partial charge in [-0.15, -0.1) is 0 Å². The van der Waals surface area contributed by atoms with Gasteiger partial charge < -0.3 is 14.5 Å². The van der Waals surface area contributed by atoms with Gasteiger partial charge in [0, 0.05) is 61.4 Å². The summed E-state index contributed by atoms with van der Waals surface area (Å²) in [5, 5.41) is 3.86. The number of nitrogens with zero attached hydrogens (tertiary/aromatic N) is 2. The standard InChI is InChI=1S/C48H35N3/c1-3-11-31(12-4-1)32-20-24-47-41(28-32)42-30-36(22-26-48(42)50(47)35-13-5-2-6-14-35)51-45-18-10-8-16-38(45)40-29-34(21-25-46(40)51)33-19-23-44-39(27-33)37-15-7-9-17-43(37)49-44/h1-9,11-17,19-30,42,48-49H,10,18H2. The van der Waals surface area contributed by atoms with Crippen LogP contribution in [0.2, 0.25) is 0 Å². The summed E-state index contributed by atoms with van der Waals surface area (Å²) in [6, 6.07) is 51.4. The maximum absolute atomic E-state index is 3.58. The van der Waals surface area contributed by atoms with Gasteiger partial charge in [0.05, 0.1) is 11.6 Å². The Balaban J connectivity index is 1.05. The summed E-state index contributed by atoms with van der Waals surface area (Å²) in [7, 11) is 0. The van der Waals surface area contributed by atoms with Crippen LogP contribution < -0.4 is 4.90 Å². The number of H-pyrrole nitrogens is 1. The third-order valence-electron chi connectivity index (χ3n) is 11.3. The Hall–Kier alpha value is -6.32. The summed E-state index contributed by atoms with van der Waals surface area (Å²) in [6.07, 6.45) is 14.1. The minimum atomic E-state index is 0.209. The highest BCUT2D eigenvalue weighted by atomic mass is 15.2. The SMILES string of the molecule is C1=Cc2c(n(C3=CC4c5cc(-c6ccccc6)ccc5N(c5ccccc5)C4C=C3)c3ccc(-c4ccc5[nH]c6ccccc6c5c4)cc23)CC1. The van der Waals surface area contributed by atoms with Crippen molar-refractivity contribution in [3.05, 3.63) is 181 Å². The van der Waals surface area contributed by atoms with Gasteiger partial charge in [-0.05, 0) is 101 Å². The van der Waals surface area contributed by atoms with Gasteiger partial charge in [-0.25, -0.2) is 0 Å². The molecule has 2 unspecified atom stereocenters. The summed E-state index contributed by atoms with van der Waals surface area (Å²) in [5.41, 5.74) is 16.6. The number of aromatic amines is 1. The summed E-state index contributed by atoms with van der Waals surface area (Å²) >= 11 is 0. The van der Waals surface area contributed by atoms with Gasteiger partial charge in [-0.2, -0.15) is 0 Å². The molecule has 0 saturated heterocycles. The number of benzene rings is 6. The van der Waals surface area contributed by atoms with Crippen molar-refractivity contribution in [3.63, 3.8) is 0 Å². The number of allylic oxidation sites excluding steroid dienone is 3. The lowest BCUT2D eigenvalue weighted by molar-refractivity contribution is 0.740. The molecule has 3 heteroatoms. The first kappa shape index (κ1) is 28.5. The van der Waals surface area contributed by atoms with Crippen LogP contribution in [0, 0.1) is 0 Å². The highest BCUT2D eigenvalue weighted by Crippen LogP contribution is 2.50. The number of anilines is 2. The number of hydrogen-bond acceptors (Lipinski definition) is 1. The molecule has 3 heterocycles. The van der Waals surface area contributed by atoms with Crippen LogP contribution in [0.25, 0.3) is 66.7 Å². The third-order valence-corrected chi connectivity index (χ3v) is 11.3. The molecule has 0 saturated carbocycles. The zero-order valence-electron chi connectivity index (χ0n) is 28.1. The van der Waals surface area contributed by atoms with E-state index in [0.29, 0.717) is 0 Å². The number of hydrogen-bond donors (Lipinski definition) is 1. The highest BCUT2D eigenvalue weighted by molar-refractivity contribution is 6.09. The van der Waals surface area contributed by atoms with E-state index in [1.54, 1.807) is 0 Å². The molecule has 0 bridgehead atoms. The average Bonchev–Trinajstić information content (AvgIpc) is 3.85. The predicted molar refractivity (Wildman–Crippen MR) is 214 cm³/mol. The van der Waals surface area contributed by atoms with Crippen molar-refractivity contribution in [2.45, 2.75) is 24.8 Å². The van der Waals surface area contributed by atoms with E-state index in [1.165, 1.54) is 88.9 Å². The van der Waals surface area contributed by atoms with Crippen molar-refractivity contribution in [2.75, 3.05) is 4.90 Å². The van der Waals surface area contributed by atoms with E-state index < -0.39 is 0 Å². The van der Waals surface area contributed by atoms with Crippen LogP contribution in [0.1, 0.15) is 29.2 Å². The number of aromatic nitrogens is 2. The quantitative estimate of drug-likeness (QED) is 0.201. The molecule has 11 rings (SSSR count). The molecular formula is C48H35N3. The van der Waals surface area contributed by atoms with Crippen molar-refractivity contribution < 1.29 is 0 Å². The Bertz CT molecular complexity index is 2760. The van der Waals surface area contributed by atoms with Gasteiger partial charge in [0.15, 0.2) is 0 Å². The second-order valence-corrected chi connectivity index (χ2v) is 14.1. The van der Waals surface area contributed by atoms with Gasteiger partial charge in [-0.3, -0.25) is 0 Å². The van der Waals surface area contributed by atoms with Crippen molar-refractivity contribution >= 4 is 55.9 Å². The van der Waals surface area contributed by atoms with E-state index in [-0.39, 0.29) is 12.0 Å². The summed E-state index contributed by atoms with van der Waals surface area (Å²) in [4.78, 5) is 6.11. The number of para-hydroxylation sites is 2. The minimum absolute atomic E-state index is 0.209. The fourth-order valence-corrected chi connectivity index (χ4v) is 8.96. The zero-order chi connectivity index (χ0) is 33.5. The summed E-state index contributed by atoms with van der Waals surface area (Å²) in [6.45, 7) is 0. The first-order valence-corrected chi connectivity index (χ1v) is 18.1. The highest BCUT2D eigenvalue weighted by Gasteiger charge is 2.39. The molecule has 2 aliphatic carbocycles. The molecule has 0 radical (unpaired) electrons. The topological polar surface area (TPSA) is 24.0 Å². The fourth-order valence-electron chi connectivity index (χ4n) is 8.96. The van der Waals surface area contributed by atoms with Crippen LogP contribution in [0.5, 0.6) is 0 Å². The number of nitrogens with one attached hydrogen (secondary N) is 1. The average molecular weight is 654 g/mol. The second-order valence-electron chi connectivity index (χ2n) is 14.1. The van der Waals surface area contributed by atoms with Crippen LogP contribution in [0.4, 0.5) is 11.4 Å². The van der Waals surface area contributed by atoms with Gasteiger partial charge in [0.2, 0.25) is 0 Å². The molecule has 3 aliphatic rings. The molecule has 0 amide bonds. The molecule has 0 spiro atoms. The van der Waals surface area contributed by atoms with Crippen LogP contribution in [-0.4, -0.2) is 15.6 Å². The molecule has 51 heavy (non-hydrogen) atoms. The predicted octanol–water partition coefficient (Wildman–Crippen LogP) is 12.3. The van der Waals surface area contributed by atoms with E-state index in [2.05, 4.69) is 184 Å². The number of fused-ring (bicyclic) bond motifs is 9. The second kappa shape index (κ2) is 11.1. The van der Waals surface area contributed by atoms with Crippen molar-refractivity contribution in [2.24, 2.45) is 0 Å². The molecule has 0 fully saturated rings. The van der Waals surface area contributed by atoms with Crippen molar-refractivity contribution in [1.29, 1.82) is 0 Å². The Labute approximate surface area is 297 Å². The zero-order valence-corrected chi connectivity index (χ0v) is 28.1. The van der Waals surface area contributed by atoms with Crippen LogP contribution in [0.3, 0.4) is 0 Å². The molecule has 2 atom stereocenters. The Kier molecular flexibility index (Phi) is 6.20. The van der Waals surface area contributed by atoms with Crippen LogP contribution in [-0.2, 0) is 6.42 Å². The summed E-state index contributed by atoms with van der Waals surface area (Å²) in [5.74, 6) is 0.221. The van der Waals surface area contributed by atoms with Crippen LogP contribution in [0.15, 0.2) is 164 Å². The largest absolute Gasteiger partial charge is 0.355 e. The van der Waals surface area contributed by atoms with Crippen LogP contribution >= 0.6 is 0 Å². The Morgan fingerprint density at radius 1 is 0.588 bits per heavy atom. The molecule has 8 aromatic rings. The maximum Gasteiger partial charge on any atom is 0.0631 e. The lowest BCUT2D eigenvalue weighted by atomic mass is 9.88. The fraction of sp³-hybridized carbons (Fsp3) is 0.0833. The van der Waals surface area contributed by atoms with Gasteiger partial charge in [-0.1, -0.05) is 109 Å². The van der Waals surface area contributed by atoms with E-state index >= 15 is 0 Å². The lowest BCUT2D eigenvalue weighted by Gasteiger charge is -2.30. The Morgan fingerprint density at radius 2 is 1.31 bits per heavy atom. The number of rotatable bonds is 4. The van der Waals surface area contributed by atoms with E-state index in [4.69, 9.17) is 0 Å². The first-order chi connectivity index (χ1) is 25.3. The van der Waals surface area contributed by atoms with Gasteiger partial charge in [0.1, 0.15) is 0 Å². The van der Waals surface area contributed by atoms with Crippen molar-refractivity contribution in [1.82, 2.24) is 9.55 Å². The molecule has 1 aliphatic heterocycles. The normalized spacial score (nSPS) is 17.6. The smallest absolute Gasteiger partial charge is 0.0631 e. The maximum atomic E-state index is 3.58. The van der Waals surface area contributed by atoms with E-state index in [9.17, 15) is 0 Å². The van der Waals surface area contributed by atoms with E-state index in [1.807, 2.05) is 0 Å². The monoisotopic (exact) mass is 653 g/mol. The third kappa shape index (κ3) is 4.38. The minimum Gasteiger partial charge on any atom is -0.355 e. The van der Waals surface area contributed by atoms with Crippen molar-refractivity contribution in [3.8, 4) is 22.3 Å². The first-order valence-electron chi connectivity index (χ1n) is 18.1. The van der Waals surface area contributed by atoms with Gasteiger partial charge >= 0.3 is 0 Å². The molecule has 2 aromatic heterocycles. The lowest BCUT2D eigenvalue weighted by Crippen LogP contribution is -2.29. The van der Waals surface area contributed by atoms with Gasteiger partial charge in [0.25, 0.3) is 0 Å². The molecule has 242 valence electrons. The molecule has 1 N–H and O–H groups in total. The molecule has 6 aromatic carbocycles. The molecule has 3 nitrogen and oxygen atoms in total. The molecular weight excluding hydrogens is 619 g/mol. The summed E-state index contributed by atoms with van der Waals surface area (Å²) < 4.78 is 2.55. The van der Waals surface area contributed by atoms with E-state index in [0.717, 1.165) is 12.8 Å². The Morgan fingerprint density at radius 3 is 2.20 bits per heavy atom.